The molecule has 1 N–H and O–H groups in total. The van der Waals surface area contributed by atoms with E-state index in [1.54, 1.807) is 6.07 Å². The normalized spacial score (nSPS) is 20.6. The van der Waals surface area contributed by atoms with Crippen molar-refractivity contribution in [2.24, 2.45) is 11.0 Å². The Bertz CT molecular complexity index is 554. The molecular weight excluding hydrogens is 258 g/mol. The number of benzene rings is 1. The molecule has 0 bridgehead atoms. The van der Waals surface area contributed by atoms with E-state index in [4.69, 9.17) is 0 Å². The minimum Gasteiger partial charge on any atom is -0.267 e. The van der Waals surface area contributed by atoms with Crippen molar-refractivity contribution in [2.45, 2.75) is 32.6 Å². The van der Waals surface area contributed by atoms with E-state index >= 15 is 0 Å². The number of para-hydroxylation sites is 1. The van der Waals surface area contributed by atoms with Gasteiger partial charge in [-0.1, -0.05) is 19.1 Å². The number of nitrogens with one attached hydrogen (secondary N) is 1. The van der Waals surface area contributed by atoms with Gasteiger partial charge in [-0.15, -0.1) is 0 Å². The summed E-state index contributed by atoms with van der Waals surface area (Å²) in [5, 5.41) is 15.0. The Morgan fingerprint density at radius 3 is 2.90 bits per heavy atom. The maximum atomic E-state index is 12.0. The van der Waals surface area contributed by atoms with Crippen LogP contribution in [0, 0.1) is 16.0 Å². The SMILES string of the molecule is C[C@H]1CCC/C(=N\NC(=O)c2ccccc2[N+](=O)[O-])C1. The van der Waals surface area contributed by atoms with Crippen molar-refractivity contribution in [1.82, 2.24) is 5.43 Å². The smallest absolute Gasteiger partial charge is 0.267 e. The number of nitro benzene ring substituents is 1. The summed E-state index contributed by atoms with van der Waals surface area (Å²) in [5.74, 6) is 0.0356. The molecule has 1 aliphatic rings. The Morgan fingerprint density at radius 2 is 2.20 bits per heavy atom. The topological polar surface area (TPSA) is 84.6 Å². The summed E-state index contributed by atoms with van der Waals surface area (Å²) in [4.78, 5) is 22.3. The number of rotatable bonds is 3. The van der Waals surface area contributed by atoms with Crippen LogP contribution in [-0.4, -0.2) is 16.5 Å². The average molecular weight is 275 g/mol. The summed E-state index contributed by atoms with van der Waals surface area (Å²) < 4.78 is 0. The van der Waals surface area contributed by atoms with Gasteiger partial charge < -0.3 is 0 Å². The van der Waals surface area contributed by atoms with Crippen molar-refractivity contribution in [2.75, 3.05) is 0 Å². The lowest BCUT2D eigenvalue weighted by atomic mass is 9.89. The summed E-state index contributed by atoms with van der Waals surface area (Å²) >= 11 is 0. The second-order valence-corrected chi connectivity index (χ2v) is 5.09. The minimum absolute atomic E-state index is 0.0331. The maximum Gasteiger partial charge on any atom is 0.282 e. The van der Waals surface area contributed by atoms with Gasteiger partial charge in [-0.3, -0.25) is 14.9 Å². The van der Waals surface area contributed by atoms with E-state index in [0.29, 0.717) is 5.92 Å². The molecule has 6 heteroatoms. The van der Waals surface area contributed by atoms with Crippen LogP contribution in [0.4, 0.5) is 5.69 Å². The lowest BCUT2D eigenvalue weighted by molar-refractivity contribution is -0.385. The Labute approximate surface area is 117 Å². The molecule has 1 fully saturated rings. The summed E-state index contributed by atoms with van der Waals surface area (Å²) in [7, 11) is 0. The van der Waals surface area contributed by atoms with E-state index < -0.39 is 10.8 Å². The molecule has 0 unspecified atom stereocenters. The molecule has 6 nitrogen and oxygen atoms in total. The van der Waals surface area contributed by atoms with Gasteiger partial charge in [0.05, 0.1) is 4.92 Å². The summed E-state index contributed by atoms with van der Waals surface area (Å²) in [6.07, 6.45) is 4.00. The molecule has 1 atom stereocenters. The number of hydrogen-bond donors (Lipinski definition) is 1. The zero-order valence-electron chi connectivity index (χ0n) is 11.3. The molecule has 0 saturated heterocycles. The second-order valence-electron chi connectivity index (χ2n) is 5.09. The lowest BCUT2D eigenvalue weighted by Gasteiger charge is -2.18. The molecule has 0 spiro atoms. The summed E-state index contributed by atoms with van der Waals surface area (Å²) in [5.41, 5.74) is 3.21. The minimum atomic E-state index is -0.565. The van der Waals surface area contributed by atoms with Crippen molar-refractivity contribution in [3.63, 3.8) is 0 Å². The van der Waals surface area contributed by atoms with Crippen LogP contribution in [0.2, 0.25) is 0 Å². The van der Waals surface area contributed by atoms with E-state index in [1.165, 1.54) is 24.6 Å². The van der Waals surface area contributed by atoms with Gasteiger partial charge in [0.25, 0.3) is 11.6 Å². The zero-order valence-corrected chi connectivity index (χ0v) is 11.3. The van der Waals surface area contributed by atoms with Gasteiger partial charge in [-0.2, -0.15) is 5.10 Å². The molecule has 0 radical (unpaired) electrons. The Hall–Kier alpha value is -2.24. The third-order valence-electron chi connectivity index (χ3n) is 3.41. The fourth-order valence-corrected chi connectivity index (χ4v) is 2.38. The van der Waals surface area contributed by atoms with Crippen molar-refractivity contribution < 1.29 is 9.72 Å². The molecule has 0 aromatic heterocycles. The van der Waals surface area contributed by atoms with Gasteiger partial charge in [0.15, 0.2) is 0 Å². The highest BCUT2D eigenvalue weighted by atomic mass is 16.6. The number of amides is 1. The molecule has 2 rings (SSSR count). The number of nitrogens with zero attached hydrogens (tertiary/aromatic N) is 2. The molecule has 1 aromatic carbocycles. The first-order chi connectivity index (χ1) is 9.58. The maximum absolute atomic E-state index is 12.0. The second kappa shape index (κ2) is 6.27. The van der Waals surface area contributed by atoms with Crippen LogP contribution >= 0.6 is 0 Å². The predicted octanol–water partition coefficient (Wildman–Crippen LogP) is 2.89. The average Bonchev–Trinajstić information content (AvgIpc) is 2.45. The van der Waals surface area contributed by atoms with Crippen molar-refractivity contribution in [1.29, 1.82) is 0 Å². The number of carbonyl (C=O) groups excluding carboxylic acids is 1. The Morgan fingerprint density at radius 1 is 1.45 bits per heavy atom. The van der Waals surface area contributed by atoms with Gasteiger partial charge in [-0.25, -0.2) is 5.43 Å². The highest BCUT2D eigenvalue weighted by Crippen LogP contribution is 2.21. The van der Waals surface area contributed by atoms with Crippen LogP contribution in [0.1, 0.15) is 43.0 Å². The van der Waals surface area contributed by atoms with Gasteiger partial charge in [-0.05, 0) is 37.7 Å². The Balaban J connectivity index is 2.09. The van der Waals surface area contributed by atoms with Gasteiger partial charge in [0, 0.05) is 11.8 Å². The highest BCUT2D eigenvalue weighted by Gasteiger charge is 2.19. The van der Waals surface area contributed by atoms with Crippen LogP contribution < -0.4 is 5.43 Å². The van der Waals surface area contributed by atoms with Crippen molar-refractivity contribution >= 4 is 17.3 Å². The van der Waals surface area contributed by atoms with Crippen molar-refractivity contribution in [3.8, 4) is 0 Å². The van der Waals surface area contributed by atoms with E-state index in [0.717, 1.165) is 25.0 Å². The largest absolute Gasteiger partial charge is 0.282 e. The molecule has 1 saturated carbocycles. The monoisotopic (exact) mass is 275 g/mol. The molecule has 20 heavy (non-hydrogen) atoms. The zero-order chi connectivity index (χ0) is 14.5. The molecule has 0 heterocycles. The Kier molecular flexibility index (Phi) is 4.45. The molecule has 0 aliphatic heterocycles. The lowest BCUT2D eigenvalue weighted by Crippen LogP contribution is -2.23. The van der Waals surface area contributed by atoms with E-state index in [1.807, 2.05) is 0 Å². The number of carbonyl (C=O) groups is 1. The third-order valence-corrected chi connectivity index (χ3v) is 3.41. The molecule has 1 amide bonds. The molecule has 1 aromatic rings. The standard InChI is InChI=1S/C14H17N3O3/c1-10-5-4-6-11(9-10)15-16-14(18)12-7-2-3-8-13(12)17(19)20/h2-3,7-8,10H,4-6,9H2,1H3,(H,16,18)/b15-11+/t10-/m0/s1. The van der Waals surface area contributed by atoms with E-state index in [-0.39, 0.29) is 11.3 Å². The molecule has 1 aliphatic carbocycles. The van der Waals surface area contributed by atoms with E-state index in [2.05, 4.69) is 17.5 Å². The molecular formula is C14H17N3O3. The fourth-order valence-electron chi connectivity index (χ4n) is 2.38. The summed E-state index contributed by atoms with van der Waals surface area (Å²) in [6.45, 7) is 2.15. The van der Waals surface area contributed by atoms with Crippen LogP contribution in [0.5, 0.6) is 0 Å². The van der Waals surface area contributed by atoms with Crippen LogP contribution in [0.3, 0.4) is 0 Å². The number of hydrogen-bond acceptors (Lipinski definition) is 4. The van der Waals surface area contributed by atoms with Crippen LogP contribution in [0.25, 0.3) is 0 Å². The predicted molar refractivity (Wildman–Crippen MR) is 75.6 cm³/mol. The first-order valence-corrected chi connectivity index (χ1v) is 6.67. The number of hydrazone groups is 1. The quantitative estimate of drug-likeness (QED) is 0.680. The van der Waals surface area contributed by atoms with Crippen LogP contribution in [-0.2, 0) is 0 Å². The van der Waals surface area contributed by atoms with E-state index in [9.17, 15) is 14.9 Å². The first-order valence-electron chi connectivity index (χ1n) is 6.67. The molecule has 106 valence electrons. The van der Waals surface area contributed by atoms with Gasteiger partial charge >= 0.3 is 0 Å². The first kappa shape index (κ1) is 14.2. The van der Waals surface area contributed by atoms with Gasteiger partial charge in [0.1, 0.15) is 5.56 Å². The van der Waals surface area contributed by atoms with Crippen LogP contribution in [0.15, 0.2) is 29.4 Å². The van der Waals surface area contributed by atoms with Crippen molar-refractivity contribution in [3.05, 3.63) is 39.9 Å². The highest BCUT2D eigenvalue weighted by molar-refractivity contribution is 5.99. The summed E-state index contributed by atoms with van der Waals surface area (Å²) in [6, 6.07) is 5.86. The fraction of sp³-hybridized carbons (Fsp3) is 0.429. The number of nitro groups is 1. The van der Waals surface area contributed by atoms with Gasteiger partial charge in [0.2, 0.25) is 0 Å². The third kappa shape index (κ3) is 3.40.